The van der Waals surface area contributed by atoms with E-state index in [9.17, 15) is 17.6 Å². The van der Waals surface area contributed by atoms with Gasteiger partial charge in [-0.05, 0) is 69.9 Å². The molecule has 3 rings (SSSR count). The first kappa shape index (κ1) is 23.2. The molecule has 31 heavy (non-hydrogen) atoms. The van der Waals surface area contributed by atoms with E-state index in [1.807, 2.05) is 13.8 Å². The Morgan fingerprint density at radius 3 is 2.65 bits per heavy atom. The smallest absolute Gasteiger partial charge is 0.258 e. The Morgan fingerprint density at radius 1 is 1.23 bits per heavy atom. The summed E-state index contributed by atoms with van der Waals surface area (Å²) >= 11 is 0. The van der Waals surface area contributed by atoms with Gasteiger partial charge in [-0.25, -0.2) is 17.5 Å². The summed E-state index contributed by atoms with van der Waals surface area (Å²) in [5, 5.41) is 2.63. The highest BCUT2D eigenvalue weighted by Crippen LogP contribution is 2.33. The normalized spacial score (nSPS) is 17.9. The van der Waals surface area contributed by atoms with Crippen molar-refractivity contribution < 1.29 is 17.6 Å². The molecule has 2 aromatic rings. The van der Waals surface area contributed by atoms with E-state index in [2.05, 4.69) is 21.9 Å². The van der Waals surface area contributed by atoms with Crippen molar-refractivity contribution in [2.45, 2.75) is 63.4 Å². The highest BCUT2D eigenvalue weighted by atomic mass is 32.2. The fraction of sp³-hybridized carbons (Fsp3) is 0.435. The number of carbonyl (C=O) groups is 1. The lowest BCUT2D eigenvalue weighted by molar-refractivity contribution is 0.102. The lowest BCUT2D eigenvalue weighted by Crippen LogP contribution is -2.39. The van der Waals surface area contributed by atoms with Crippen molar-refractivity contribution in [2.75, 3.05) is 16.8 Å². The van der Waals surface area contributed by atoms with E-state index in [1.54, 1.807) is 18.2 Å². The van der Waals surface area contributed by atoms with Crippen LogP contribution in [0.25, 0.3) is 0 Å². The zero-order valence-electron chi connectivity index (χ0n) is 18.2. The van der Waals surface area contributed by atoms with Crippen LogP contribution in [0.1, 0.15) is 56.8 Å². The van der Waals surface area contributed by atoms with Gasteiger partial charge in [0.1, 0.15) is 10.7 Å². The molecule has 0 saturated carbocycles. The molecule has 0 radical (unpaired) electrons. The summed E-state index contributed by atoms with van der Waals surface area (Å²) < 4.78 is 43.1. The van der Waals surface area contributed by atoms with Gasteiger partial charge in [0.05, 0.1) is 11.3 Å². The second-order valence-electron chi connectivity index (χ2n) is 8.09. The first-order valence-electron chi connectivity index (χ1n) is 10.7. The van der Waals surface area contributed by atoms with E-state index in [0.29, 0.717) is 17.8 Å². The molecule has 2 aromatic carbocycles. The predicted molar refractivity (Wildman–Crippen MR) is 122 cm³/mol. The Balaban J connectivity index is 1.99. The number of halogens is 1. The molecule has 8 heteroatoms. The number of benzene rings is 2. The molecule has 2 N–H and O–H groups in total. The van der Waals surface area contributed by atoms with Crippen LogP contribution in [-0.2, 0) is 10.0 Å². The molecule has 6 nitrogen and oxygen atoms in total. The Morgan fingerprint density at radius 2 is 1.97 bits per heavy atom. The Hall–Kier alpha value is -2.45. The van der Waals surface area contributed by atoms with Crippen LogP contribution in [-0.4, -0.2) is 33.0 Å². The molecule has 168 valence electrons. The number of nitrogens with zero attached hydrogens (tertiary/aromatic N) is 1. The molecule has 1 aliphatic heterocycles. The van der Waals surface area contributed by atoms with Crippen molar-refractivity contribution in [2.24, 2.45) is 0 Å². The Kier molecular flexibility index (Phi) is 7.33. The van der Waals surface area contributed by atoms with Crippen LogP contribution in [0.5, 0.6) is 0 Å². The van der Waals surface area contributed by atoms with Crippen molar-refractivity contribution in [3.63, 3.8) is 0 Å². The number of hydrogen-bond acceptors (Lipinski definition) is 4. The molecule has 0 spiro atoms. The number of sulfonamides is 1. The van der Waals surface area contributed by atoms with Crippen molar-refractivity contribution in [1.82, 2.24) is 4.72 Å². The minimum absolute atomic E-state index is 0.0987. The summed E-state index contributed by atoms with van der Waals surface area (Å²) in [6.45, 7) is 6.58. The summed E-state index contributed by atoms with van der Waals surface area (Å²) in [5.41, 5.74) is 0.816. The second kappa shape index (κ2) is 9.78. The van der Waals surface area contributed by atoms with Crippen LogP contribution in [0, 0.1) is 5.82 Å². The summed E-state index contributed by atoms with van der Waals surface area (Å²) in [6.07, 6.45) is 3.75. The zero-order valence-corrected chi connectivity index (χ0v) is 19.0. The lowest BCUT2D eigenvalue weighted by Gasteiger charge is -2.36. The van der Waals surface area contributed by atoms with Gasteiger partial charge in [0.2, 0.25) is 10.0 Å². The van der Waals surface area contributed by atoms with E-state index >= 15 is 0 Å². The number of rotatable bonds is 7. The fourth-order valence-corrected chi connectivity index (χ4v) is 5.32. The van der Waals surface area contributed by atoms with Gasteiger partial charge in [-0.2, -0.15) is 0 Å². The number of hydrogen-bond donors (Lipinski definition) is 2. The van der Waals surface area contributed by atoms with E-state index in [1.165, 1.54) is 24.3 Å². The minimum Gasteiger partial charge on any atom is -0.368 e. The molecule has 1 fully saturated rings. The first-order valence-corrected chi connectivity index (χ1v) is 12.2. The van der Waals surface area contributed by atoms with E-state index in [-0.39, 0.29) is 22.5 Å². The number of nitrogens with one attached hydrogen (secondary N) is 2. The molecule has 1 saturated heterocycles. The summed E-state index contributed by atoms with van der Waals surface area (Å²) in [4.78, 5) is 14.8. The molecular weight excluding hydrogens is 417 g/mol. The maximum atomic E-state index is 14.0. The van der Waals surface area contributed by atoms with Crippen LogP contribution in [0.4, 0.5) is 15.8 Å². The number of amides is 1. The SMILES string of the molecule is CC[C@@H](C)NS(=O)(=O)c1cc(NC(=O)c2ccccc2F)ccc1N1CCCC[C@@H]1C. The topological polar surface area (TPSA) is 78.5 Å². The van der Waals surface area contributed by atoms with Gasteiger partial charge < -0.3 is 10.2 Å². The molecule has 1 amide bonds. The summed E-state index contributed by atoms with van der Waals surface area (Å²) in [6, 6.07) is 10.5. The molecule has 1 heterocycles. The molecule has 0 aromatic heterocycles. The van der Waals surface area contributed by atoms with Crippen molar-refractivity contribution in [1.29, 1.82) is 0 Å². The first-order chi connectivity index (χ1) is 14.7. The fourth-order valence-electron chi connectivity index (χ4n) is 3.76. The standard InChI is InChI=1S/C23H30FN3O3S/c1-4-16(2)26-31(29,30)22-15-18(25-23(28)19-10-5-6-11-20(19)24)12-13-21(22)27-14-8-7-9-17(27)3/h5-6,10-13,15-17,26H,4,7-9,14H2,1-3H3,(H,25,28)/t16-,17+/m1/s1. The lowest BCUT2D eigenvalue weighted by atomic mass is 10.0. The number of anilines is 2. The van der Waals surface area contributed by atoms with Crippen LogP contribution in [0.2, 0.25) is 0 Å². The number of piperidine rings is 1. The second-order valence-corrected chi connectivity index (χ2v) is 9.77. The average molecular weight is 448 g/mol. The molecule has 0 unspecified atom stereocenters. The molecule has 1 aliphatic rings. The average Bonchev–Trinajstić information content (AvgIpc) is 2.74. The zero-order chi connectivity index (χ0) is 22.6. The monoisotopic (exact) mass is 447 g/mol. The van der Waals surface area contributed by atoms with Gasteiger partial charge >= 0.3 is 0 Å². The van der Waals surface area contributed by atoms with E-state index in [4.69, 9.17) is 0 Å². The third kappa shape index (κ3) is 5.43. The molecular formula is C23H30FN3O3S. The molecule has 0 bridgehead atoms. The van der Waals surface area contributed by atoms with Gasteiger partial charge in [-0.3, -0.25) is 4.79 Å². The van der Waals surface area contributed by atoms with Crippen molar-refractivity contribution in [3.05, 3.63) is 53.8 Å². The maximum Gasteiger partial charge on any atom is 0.258 e. The van der Waals surface area contributed by atoms with Gasteiger partial charge in [-0.1, -0.05) is 19.1 Å². The molecule has 0 aliphatic carbocycles. The van der Waals surface area contributed by atoms with Crippen LogP contribution < -0.4 is 14.9 Å². The minimum atomic E-state index is -3.82. The van der Waals surface area contributed by atoms with Gasteiger partial charge in [0.25, 0.3) is 5.91 Å². The van der Waals surface area contributed by atoms with Gasteiger partial charge in [-0.15, -0.1) is 0 Å². The van der Waals surface area contributed by atoms with Crippen LogP contribution in [0.15, 0.2) is 47.4 Å². The summed E-state index contributed by atoms with van der Waals surface area (Å²) in [7, 11) is -3.82. The third-order valence-corrected chi connectivity index (χ3v) is 7.33. The van der Waals surface area contributed by atoms with Gasteiger partial charge in [0, 0.05) is 24.3 Å². The number of carbonyl (C=O) groups excluding carboxylic acids is 1. The van der Waals surface area contributed by atoms with E-state index in [0.717, 1.165) is 25.8 Å². The quantitative estimate of drug-likeness (QED) is 0.654. The van der Waals surface area contributed by atoms with Gasteiger partial charge in [0.15, 0.2) is 0 Å². The highest BCUT2D eigenvalue weighted by Gasteiger charge is 2.28. The van der Waals surface area contributed by atoms with Crippen LogP contribution in [0.3, 0.4) is 0 Å². The predicted octanol–water partition coefficient (Wildman–Crippen LogP) is 4.53. The maximum absolute atomic E-state index is 14.0. The Bertz CT molecular complexity index is 1040. The Labute approximate surface area is 183 Å². The third-order valence-electron chi connectivity index (χ3n) is 5.71. The molecule has 2 atom stereocenters. The van der Waals surface area contributed by atoms with Crippen molar-refractivity contribution >= 4 is 27.3 Å². The summed E-state index contributed by atoms with van der Waals surface area (Å²) in [5.74, 6) is -1.26. The van der Waals surface area contributed by atoms with E-state index < -0.39 is 21.7 Å². The van der Waals surface area contributed by atoms with Crippen molar-refractivity contribution in [3.8, 4) is 0 Å². The highest BCUT2D eigenvalue weighted by molar-refractivity contribution is 7.89. The van der Waals surface area contributed by atoms with Crippen LogP contribution >= 0.6 is 0 Å². The largest absolute Gasteiger partial charge is 0.368 e.